The van der Waals surface area contributed by atoms with E-state index in [1.54, 1.807) is 6.20 Å². The number of anilines is 3. The summed E-state index contributed by atoms with van der Waals surface area (Å²) in [7, 11) is 0. The number of aliphatic hydroxyl groups excluding tert-OH is 1. The van der Waals surface area contributed by atoms with Crippen LogP contribution in [0.5, 0.6) is 0 Å². The van der Waals surface area contributed by atoms with E-state index in [4.69, 9.17) is 4.42 Å². The number of aryl methyl sites for hydroxylation is 1. The summed E-state index contributed by atoms with van der Waals surface area (Å²) >= 11 is 0. The molecule has 0 radical (unpaired) electrons. The van der Waals surface area contributed by atoms with Crippen LogP contribution in [-0.2, 0) is 6.61 Å². The van der Waals surface area contributed by atoms with Crippen LogP contribution >= 0.6 is 0 Å². The quantitative estimate of drug-likeness (QED) is 0.488. The number of nitrogens with zero attached hydrogens (tertiary/aromatic N) is 1. The molecule has 3 aromatic rings. The Hall–Kier alpha value is -2.53. The molecule has 0 bridgehead atoms. The van der Waals surface area contributed by atoms with Gasteiger partial charge in [-0.1, -0.05) is 39.0 Å². The smallest absolute Gasteiger partial charge is 0.218 e. The van der Waals surface area contributed by atoms with Crippen LogP contribution in [0.25, 0.3) is 11.0 Å². The van der Waals surface area contributed by atoms with Crippen LogP contribution in [0.15, 0.2) is 40.9 Å². The molecule has 150 valence electrons. The Morgan fingerprint density at radius 2 is 1.75 bits per heavy atom. The lowest BCUT2D eigenvalue weighted by Gasteiger charge is -2.33. The largest absolute Gasteiger partial charge is 0.436 e. The van der Waals surface area contributed by atoms with Crippen LogP contribution in [-0.4, -0.2) is 15.6 Å². The number of aromatic nitrogens is 1. The number of fused-ring (bicyclic) bond motifs is 1. The molecule has 5 heteroatoms. The molecule has 2 heterocycles. The van der Waals surface area contributed by atoms with Gasteiger partial charge in [0.15, 0.2) is 5.58 Å². The highest BCUT2D eigenvalue weighted by molar-refractivity contribution is 6.01. The second-order valence-corrected chi connectivity index (χ2v) is 9.27. The summed E-state index contributed by atoms with van der Waals surface area (Å²) < 4.78 is 6.25. The molecule has 1 aromatic carbocycles. The molecule has 0 saturated heterocycles. The van der Waals surface area contributed by atoms with Gasteiger partial charge < -0.3 is 20.2 Å². The molecule has 0 atom stereocenters. The second-order valence-electron chi connectivity index (χ2n) is 9.27. The Bertz CT molecular complexity index is 953. The maximum atomic E-state index is 9.88. The van der Waals surface area contributed by atoms with Gasteiger partial charge in [-0.3, -0.25) is 4.98 Å². The molecule has 3 rings (SSSR count). The zero-order valence-electron chi connectivity index (χ0n) is 17.7. The van der Waals surface area contributed by atoms with Crippen molar-refractivity contribution in [3.05, 3.63) is 47.8 Å². The predicted molar refractivity (Wildman–Crippen MR) is 116 cm³/mol. The molecule has 28 heavy (non-hydrogen) atoms. The van der Waals surface area contributed by atoms with Crippen LogP contribution < -0.4 is 10.6 Å². The van der Waals surface area contributed by atoms with Gasteiger partial charge in [-0.25, -0.2) is 0 Å². The van der Waals surface area contributed by atoms with Gasteiger partial charge in [0, 0.05) is 23.0 Å². The fourth-order valence-corrected chi connectivity index (χ4v) is 3.96. The molecule has 0 saturated carbocycles. The minimum absolute atomic E-state index is 0.0996. The van der Waals surface area contributed by atoms with Crippen molar-refractivity contribution in [2.45, 2.75) is 60.1 Å². The number of para-hydroxylation sites is 1. The first-order valence-electron chi connectivity index (χ1n) is 9.72. The number of rotatable bonds is 6. The molecular formula is C23H31N3O2. The summed E-state index contributed by atoms with van der Waals surface area (Å²) in [6.07, 6.45) is 2.68. The lowest BCUT2D eigenvalue weighted by atomic mass is 9.82. The van der Waals surface area contributed by atoms with E-state index in [2.05, 4.69) is 50.2 Å². The van der Waals surface area contributed by atoms with Gasteiger partial charge in [-0.05, 0) is 44.7 Å². The molecule has 0 amide bonds. The normalized spacial score (nSPS) is 12.4. The first kappa shape index (κ1) is 20.2. The predicted octanol–water partition coefficient (Wildman–Crippen LogP) is 6.00. The van der Waals surface area contributed by atoms with Crippen LogP contribution in [0.2, 0.25) is 0 Å². The molecule has 2 aromatic heterocycles. The third-order valence-electron chi connectivity index (χ3n) is 4.61. The molecular weight excluding hydrogens is 350 g/mol. The Kier molecular flexibility index (Phi) is 5.39. The van der Waals surface area contributed by atoms with Gasteiger partial charge >= 0.3 is 0 Å². The summed E-state index contributed by atoms with van der Waals surface area (Å²) in [4.78, 5) is 4.39. The summed E-state index contributed by atoms with van der Waals surface area (Å²) in [5, 5.41) is 17.8. The highest BCUT2D eigenvalue weighted by Gasteiger charge is 2.29. The number of pyridine rings is 1. The minimum Gasteiger partial charge on any atom is -0.436 e. The van der Waals surface area contributed by atoms with Gasteiger partial charge in [-0.2, -0.15) is 0 Å². The Balaban J connectivity index is 2.13. The average molecular weight is 382 g/mol. The summed E-state index contributed by atoms with van der Waals surface area (Å²) in [6.45, 7) is 12.9. The molecule has 3 N–H and O–H groups in total. The first-order chi connectivity index (χ1) is 13.1. The van der Waals surface area contributed by atoms with E-state index >= 15 is 0 Å². The van der Waals surface area contributed by atoms with E-state index < -0.39 is 0 Å². The monoisotopic (exact) mass is 381 g/mol. The average Bonchev–Trinajstić information content (AvgIpc) is 2.93. The summed E-state index contributed by atoms with van der Waals surface area (Å²) in [6, 6.07) is 9.98. The van der Waals surface area contributed by atoms with Gasteiger partial charge in [0.05, 0.1) is 17.7 Å². The summed E-state index contributed by atoms with van der Waals surface area (Å²) in [5.41, 5.74) is 4.01. The van der Waals surface area contributed by atoms with Crippen molar-refractivity contribution in [1.82, 2.24) is 4.98 Å². The van der Waals surface area contributed by atoms with E-state index in [9.17, 15) is 5.11 Å². The maximum absolute atomic E-state index is 9.88. The number of hydrogen-bond acceptors (Lipinski definition) is 5. The van der Waals surface area contributed by atoms with Crippen LogP contribution in [0, 0.1) is 12.3 Å². The van der Waals surface area contributed by atoms with E-state index in [0.717, 1.165) is 34.4 Å². The molecule has 0 fully saturated rings. The minimum atomic E-state index is -0.181. The lowest BCUT2D eigenvalue weighted by Crippen LogP contribution is -2.35. The Labute approximate surface area is 167 Å². The van der Waals surface area contributed by atoms with Crippen molar-refractivity contribution in [3.8, 4) is 0 Å². The Morgan fingerprint density at radius 3 is 2.36 bits per heavy atom. The number of furan rings is 1. The fourth-order valence-electron chi connectivity index (χ4n) is 3.96. The van der Waals surface area contributed by atoms with Crippen LogP contribution in [0.3, 0.4) is 0 Å². The van der Waals surface area contributed by atoms with E-state index in [1.165, 1.54) is 0 Å². The van der Waals surface area contributed by atoms with Crippen molar-refractivity contribution < 1.29 is 9.52 Å². The third-order valence-corrected chi connectivity index (χ3v) is 4.61. The lowest BCUT2D eigenvalue weighted by molar-refractivity contribution is 0.283. The molecule has 0 aliphatic rings. The molecule has 0 aliphatic carbocycles. The van der Waals surface area contributed by atoms with E-state index in [1.807, 2.05) is 37.3 Å². The molecule has 0 unspecified atom stereocenters. The SMILES string of the molecule is Cc1ncc(CO)c2c(Nc3ccccc3)c(NC(C)(C)CC(C)(C)C)oc12. The number of benzene rings is 1. The van der Waals surface area contributed by atoms with Gasteiger partial charge in [0.25, 0.3) is 0 Å². The number of nitrogens with one attached hydrogen (secondary N) is 2. The van der Waals surface area contributed by atoms with E-state index in [-0.39, 0.29) is 17.6 Å². The highest BCUT2D eigenvalue weighted by atomic mass is 16.4. The topological polar surface area (TPSA) is 70.3 Å². The van der Waals surface area contributed by atoms with Crippen molar-refractivity contribution in [1.29, 1.82) is 0 Å². The zero-order valence-corrected chi connectivity index (χ0v) is 17.7. The van der Waals surface area contributed by atoms with Crippen molar-refractivity contribution >= 4 is 28.2 Å². The standard InChI is InChI=1S/C23H31N3O2/c1-15-20-18(16(13-27)12-24-15)19(25-17-10-8-7-9-11-17)21(28-20)26-23(5,6)14-22(2,3)4/h7-12,25-27H,13-14H2,1-6H3. The van der Waals surface area contributed by atoms with Gasteiger partial charge in [0.2, 0.25) is 5.88 Å². The Morgan fingerprint density at radius 1 is 1.07 bits per heavy atom. The third kappa shape index (κ3) is 4.47. The van der Waals surface area contributed by atoms with E-state index in [0.29, 0.717) is 11.5 Å². The molecule has 5 nitrogen and oxygen atoms in total. The highest BCUT2D eigenvalue weighted by Crippen LogP contribution is 2.42. The van der Waals surface area contributed by atoms with Crippen LogP contribution in [0.4, 0.5) is 17.3 Å². The molecule has 0 aliphatic heterocycles. The zero-order chi connectivity index (χ0) is 20.5. The fraction of sp³-hybridized carbons (Fsp3) is 0.435. The van der Waals surface area contributed by atoms with Crippen molar-refractivity contribution in [2.75, 3.05) is 10.6 Å². The van der Waals surface area contributed by atoms with Crippen molar-refractivity contribution in [3.63, 3.8) is 0 Å². The summed E-state index contributed by atoms with van der Waals surface area (Å²) in [5.74, 6) is 0.666. The maximum Gasteiger partial charge on any atom is 0.218 e. The van der Waals surface area contributed by atoms with Crippen LogP contribution in [0.1, 0.15) is 52.3 Å². The first-order valence-corrected chi connectivity index (χ1v) is 9.72. The van der Waals surface area contributed by atoms with Gasteiger partial charge in [-0.15, -0.1) is 0 Å². The number of hydrogen-bond donors (Lipinski definition) is 3. The van der Waals surface area contributed by atoms with Gasteiger partial charge in [0.1, 0.15) is 5.69 Å². The van der Waals surface area contributed by atoms with Crippen molar-refractivity contribution in [2.24, 2.45) is 5.41 Å². The molecule has 0 spiro atoms. The number of aliphatic hydroxyl groups is 1. The second kappa shape index (κ2) is 7.47.